The molecule has 0 bridgehead atoms. The van der Waals surface area contributed by atoms with Crippen LogP contribution in [-0.2, 0) is 4.74 Å². The molecule has 0 aromatic heterocycles. The molecule has 0 fully saturated rings. The van der Waals surface area contributed by atoms with Crippen molar-refractivity contribution in [3.8, 4) is 5.75 Å². The van der Waals surface area contributed by atoms with E-state index in [1.54, 1.807) is 0 Å². The molecule has 0 saturated heterocycles. The number of rotatable bonds is 8. The summed E-state index contributed by atoms with van der Waals surface area (Å²) in [5.41, 5.74) is 0.867. The first-order valence-electron chi connectivity index (χ1n) is 7.09. The number of hydrogen-bond acceptors (Lipinski definition) is 3. The minimum atomic E-state index is -0.283. The number of para-hydroxylation sites is 1. The van der Waals surface area contributed by atoms with Crippen molar-refractivity contribution in [1.29, 1.82) is 0 Å². The highest BCUT2D eigenvalue weighted by molar-refractivity contribution is 5.37. The molecule has 1 N–H and O–H groups in total. The van der Waals surface area contributed by atoms with E-state index in [9.17, 15) is 0 Å². The summed E-state index contributed by atoms with van der Waals surface area (Å²) in [6.45, 7) is 9.78. The molecule has 0 radical (unpaired) electrons. The van der Waals surface area contributed by atoms with E-state index in [0.29, 0.717) is 6.61 Å². The van der Waals surface area contributed by atoms with Crippen LogP contribution in [0.1, 0.15) is 45.7 Å². The summed E-state index contributed by atoms with van der Waals surface area (Å²) in [5.74, 6) is 0.941. The summed E-state index contributed by atoms with van der Waals surface area (Å²) in [6, 6.07) is 8.28. The average molecular weight is 265 g/mol. The zero-order valence-corrected chi connectivity index (χ0v) is 12.8. The number of benzene rings is 1. The quantitative estimate of drug-likeness (QED) is 0.779. The van der Waals surface area contributed by atoms with E-state index in [4.69, 9.17) is 9.47 Å². The largest absolute Gasteiger partial charge is 0.493 e. The highest BCUT2D eigenvalue weighted by Crippen LogP contribution is 2.34. The van der Waals surface area contributed by atoms with E-state index in [-0.39, 0.29) is 11.6 Å². The topological polar surface area (TPSA) is 30.5 Å². The maximum Gasteiger partial charge on any atom is 0.124 e. The lowest BCUT2D eigenvalue weighted by atomic mass is 9.91. The van der Waals surface area contributed by atoms with E-state index in [1.807, 2.05) is 32.2 Å². The monoisotopic (exact) mass is 265 g/mol. The van der Waals surface area contributed by atoms with Crippen LogP contribution in [0.25, 0.3) is 0 Å². The molecule has 3 nitrogen and oxygen atoms in total. The third-order valence-corrected chi connectivity index (χ3v) is 3.19. The minimum absolute atomic E-state index is 0.0977. The maximum atomic E-state index is 5.88. The fourth-order valence-electron chi connectivity index (χ4n) is 2.40. The summed E-state index contributed by atoms with van der Waals surface area (Å²) in [6.07, 6.45) is 1.01. The van der Waals surface area contributed by atoms with Gasteiger partial charge in [-0.1, -0.05) is 25.1 Å². The highest BCUT2D eigenvalue weighted by atomic mass is 16.5. The Labute approximate surface area is 117 Å². The maximum absolute atomic E-state index is 5.88. The second-order valence-corrected chi connectivity index (χ2v) is 5.14. The van der Waals surface area contributed by atoms with Gasteiger partial charge in [0.15, 0.2) is 0 Å². The van der Waals surface area contributed by atoms with E-state index in [2.05, 4.69) is 32.2 Å². The molecule has 0 saturated carbocycles. The fraction of sp³-hybridized carbons (Fsp3) is 0.625. The average Bonchev–Trinajstić information content (AvgIpc) is 2.38. The second kappa shape index (κ2) is 7.51. The van der Waals surface area contributed by atoms with Gasteiger partial charge in [0, 0.05) is 12.2 Å². The van der Waals surface area contributed by atoms with Crippen molar-refractivity contribution in [3.05, 3.63) is 29.8 Å². The van der Waals surface area contributed by atoms with Crippen molar-refractivity contribution in [2.45, 2.75) is 45.8 Å². The van der Waals surface area contributed by atoms with Crippen molar-refractivity contribution in [2.75, 3.05) is 20.3 Å². The van der Waals surface area contributed by atoms with Crippen LogP contribution in [0.15, 0.2) is 24.3 Å². The SMILES string of the molecule is CCCOc1ccccc1C(NC)C(C)(C)OCC. The van der Waals surface area contributed by atoms with Crippen molar-refractivity contribution >= 4 is 0 Å². The molecule has 0 aliphatic carbocycles. The molecule has 108 valence electrons. The van der Waals surface area contributed by atoms with Gasteiger partial charge in [-0.2, -0.15) is 0 Å². The first-order valence-corrected chi connectivity index (χ1v) is 7.09. The first kappa shape index (κ1) is 16.0. The standard InChI is InChI=1S/C16H27NO2/c1-6-12-18-14-11-9-8-10-13(14)15(17-5)16(3,4)19-7-2/h8-11,15,17H,6-7,12H2,1-5H3. The van der Waals surface area contributed by atoms with E-state index in [1.165, 1.54) is 0 Å². The fourth-order valence-corrected chi connectivity index (χ4v) is 2.40. The van der Waals surface area contributed by atoms with Crippen LogP contribution in [0, 0.1) is 0 Å². The molecule has 0 amide bonds. The molecule has 0 aliphatic rings. The molecular weight excluding hydrogens is 238 g/mol. The molecule has 1 atom stereocenters. The van der Waals surface area contributed by atoms with Crippen LogP contribution in [0.4, 0.5) is 0 Å². The van der Waals surface area contributed by atoms with Crippen molar-refractivity contribution < 1.29 is 9.47 Å². The normalized spacial score (nSPS) is 13.3. The summed E-state index contributed by atoms with van der Waals surface area (Å²) < 4.78 is 11.7. The van der Waals surface area contributed by atoms with Gasteiger partial charge in [-0.25, -0.2) is 0 Å². The lowest BCUT2D eigenvalue weighted by Crippen LogP contribution is -2.40. The molecule has 0 aliphatic heterocycles. The van der Waals surface area contributed by atoms with Crippen molar-refractivity contribution in [3.63, 3.8) is 0 Å². The number of likely N-dealkylation sites (N-methyl/N-ethyl adjacent to an activating group) is 1. The molecule has 1 aromatic rings. The Kier molecular flexibility index (Phi) is 6.32. The van der Waals surface area contributed by atoms with Crippen LogP contribution in [0.3, 0.4) is 0 Å². The number of nitrogens with one attached hydrogen (secondary N) is 1. The first-order chi connectivity index (χ1) is 9.06. The smallest absolute Gasteiger partial charge is 0.124 e. The molecule has 0 spiro atoms. The molecular formula is C16H27NO2. The van der Waals surface area contributed by atoms with E-state index >= 15 is 0 Å². The summed E-state index contributed by atoms with van der Waals surface area (Å²) >= 11 is 0. The number of ether oxygens (including phenoxy) is 2. The lowest BCUT2D eigenvalue weighted by molar-refractivity contribution is -0.0380. The van der Waals surface area contributed by atoms with Gasteiger partial charge in [0.05, 0.1) is 18.2 Å². The Hall–Kier alpha value is -1.06. The van der Waals surface area contributed by atoms with Gasteiger partial charge in [-0.3, -0.25) is 0 Å². The van der Waals surface area contributed by atoms with E-state index in [0.717, 1.165) is 24.3 Å². The third-order valence-electron chi connectivity index (χ3n) is 3.19. The Morgan fingerprint density at radius 1 is 1.21 bits per heavy atom. The van der Waals surface area contributed by atoms with Gasteiger partial charge in [0.2, 0.25) is 0 Å². The molecule has 19 heavy (non-hydrogen) atoms. The van der Waals surface area contributed by atoms with Gasteiger partial charge < -0.3 is 14.8 Å². The van der Waals surface area contributed by atoms with Gasteiger partial charge in [0.1, 0.15) is 5.75 Å². The van der Waals surface area contributed by atoms with Gasteiger partial charge in [-0.15, -0.1) is 0 Å². The number of hydrogen-bond donors (Lipinski definition) is 1. The van der Waals surface area contributed by atoms with Crippen molar-refractivity contribution in [2.24, 2.45) is 0 Å². The molecule has 0 heterocycles. The Morgan fingerprint density at radius 3 is 2.47 bits per heavy atom. The van der Waals surface area contributed by atoms with Crippen LogP contribution < -0.4 is 10.1 Å². The van der Waals surface area contributed by atoms with Gasteiger partial charge in [0.25, 0.3) is 0 Å². The van der Waals surface area contributed by atoms with Gasteiger partial charge in [-0.05, 0) is 40.3 Å². The Bertz CT molecular complexity index is 377. The van der Waals surface area contributed by atoms with Crippen LogP contribution >= 0.6 is 0 Å². The van der Waals surface area contributed by atoms with Crippen LogP contribution in [0.5, 0.6) is 5.75 Å². The van der Waals surface area contributed by atoms with Crippen LogP contribution in [-0.4, -0.2) is 25.9 Å². The molecule has 1 unspecified atom stereocenters. The van der Waals surface area contributed by atoms with E-state index < -0.39 is 0 Å². The minimum Gasteiger partial charge on any atom is -0.493 e. The second-order valence-electron chi connectivity index (χ2n) is 5.14. The highest BCUT2D eigenvalue weighted by Gasteiger charge is 2.32. The van der Waals surface area contributed by atoms with Crippen molar-refractivity contribution in [1.82, 2.24) is 5.32 Å². The molecule has 1 rings (SSSR count). The van der Waals surface area contributed by atoms with Crippen LogP contribution in [0.2, 0.25) is 0 Å². The zero-order valence-electron chi connectivity index (χ0n) is 12.8. The zero-order chi connectivity index (χ0) is 14.3. The Morgan fingerprint density at radius 2 is 1.89 bits per heavy atom. The predicted octanol–water partition coefficient (Wildman–Crippen LogP) is 3.55. The summed E-state index contributed by atoms with van der Waals surface area (Å²) in [4.78, 5) is 0. The third kappa shape index (κ3) is 4.22. The van der Waals surface area contributed by atoms with Gasteiger partial charge >= 0.3 is 0 Å². The predicted molar refractivity (Wildman–Crippen MR) is 79.7 cm³/mol. The summed E-state index contributed by atoms with van der Waals surface area (Å²) in [5, 5.41) is 3.36. The molecule has 1 aromatic carbocycles. The molecule has 3 heteroatoms. The Balaban J connectivity index is 3.03. The summed E-state index contributed by atoms with van der Waals surface area (Å²) in [7, 11) is 1.96. The lowest BCUT2D eigenvalue weighted by Gasteiger charge is -2.35.